The molecular weight excluding hydrogens is 320 g/mol. The number of carbonyl (C=O) groups excluding carboxylic acids is 2. The van der Waals surface area contributed by atoms with Crippen molar-refractivity contribution in [3.05, 3.63) is 28.8 Å². The summed E-state index contributed by atoms with van der Waals surface area (Å²) in [5, 5.41) is 11.8. The predicted octanol–water partition coefficient (Wildman–Crippen LogP) is 2.63. The van der Waals surface area contributed by atoms with Crippen molar-refractivity contribution < 1.29 is 19.5 Å². The number of nitrogens with zero attached hydrogens (tertiary/aromatic N) is 1. The van der Waals surface area contributed by atoms with Gasteiger partial charge in [0, 0.05) is 18.1 Å². The SMILES string of the molecule is CC(C(=O)O)C(=O)Nc1cc(Cl)ccc1C(=O)N1CCCCC1. The normalized spacial score (nSPS) is 15.8. The third kappa shape index (κ3) is 4.22. The van der Waals surface area contributed by atoms with Crippen LogP contribution in [0.3, 0.4) is 0 Å². The fraction of sp³-hybridized carbons (Fsp3) is 0.438. The van der Waals surface area contributed by atoms with Gasteiger partial charge in [0.05, 0.1) is 11.3 Å². The standard InChI is InChI=1S/C16H19ClN2O4/c1-10(16(22)23)14(20)18-13-9-11(17)5-6-12(13)15(21)19-7-3-2-4-8-19/h5-6,9-10H,2-4,7-8H2,1H3,(H,18,20)(H,22,23). The van der Waals surface area contributed by atoms with E-state index in [-0.39, 0.29) is 11.6 Å². The molecule has 2 amide bonds. The van der Waals surface area contributed by atoms with E-state index < -0.39 is 17.8 Å². The van der Waals surface area contributed by atoms with Crippen molar-refractivity contribution in [2.75, 3.05) is 18.4 Å². The summed E-state index contributed by atoms with van der Waals surface area (Å²) in [6, 6.07) is 4.60. The van der Waals surface area contributed by atoms with E-state index in [1.54, 1.807) is 17.0 Å². The molecule has 2 rings (SSSR count). The van der Waals surface area contributed by atoms with Gasteiger partial charge in [0.15, 0.2) is 0 Å². The Bertz CT molecular complexity index is 627. The van der Waals surface area contributed by atoms with Crippen molar-refractivity contribution in [1.29, 1.82) is 0 Å². The average Bonchev–Trinajstić information content (AvgIpc) is 2.54. The van der Waals surface area contributed by atoms with E-state index in [4.69, 9.17) is 16.7 Å². The number of hydrogen-bond acceptors (Lipinski definition) is 3. The molecule has 0 spiro atoms. The molecule has 0 aliphatic carbocycles. The number of carbonyl (C=O) groups is 3. The number of rotatable bonds is 4. The lowest BCUT2D eigenvalue weighted by molar-refractivity contribution is -0.144. The first-order chi connectivity index (χ1) is 10.9. The molecule has 0 aromatic heterocycles. The Morgan fingerprint density at radius 1 is 1.22 bits per heavy atom. The van der Waals surface area contributed by atoms with Gasteiger partial charge in [0.2, 0.25) is 5.91 Å². The van der Waals surface area contributed by atoms with Crippen LogP contribution < -0.4 is 5.32 Å². The number of hydrogen-bond donors (Lipinski definition) is 2. The summed E-state index contributed by atoms with van der Waals surface area (Å²) in [4.78, 5) is 37.2. The predicted molar refractivity (Wildman–Crippen MR) is 86.6 cm³/mol. The topological polar surface area (TPSA) is 86.7 Å². The van der Waals surface area contributed by atoms with Crippen LogP contribution in [0, 0.1) is 5.92 Å². The minimum Gasteiger partial charge on any atom is -0.481 e. The van der Waals surface area contributed by atoms with Crippen LogP contribution in [0.4, 0.5) is 5.69 Å². The Labute approximate surface area is 139 Å². The van der Waals surface area contributed by atoms with Crippen LogP contribution >= 0.6 is 11.6 Å². The number of anilines is 1. The Balaban J connectivity index is 2.24. The quantitative estimate of drug-likeness (QED) is 0.826. The first-order valence-electron chi connectivity index (χ1n) is 7.52. The van der Waals surface area contributed by atoms with Crippen molar-refractivity contribution in [1.82, 2.24) is 4.90 Å². The van der Waals surface area contributed by atoms with E-state index in [0.717, 1.165) is 19.3 Å². The highest BCUT2D eigenvalue weighted by Gasteiger charge is 2.25. The van der Waals surface area contributed by atoms with E-state index in [1.807, 2.05) is 0 Å². The molecule has 1 unspecified atom stereocenters. The minimum atomic E-state index is -1.23. The summed E-state index contributed by atoms with van der Waals surface area (Å²) < 4.78 is 0. The van der Waals surface area contributed by atoms with Gasteiger partial charge in [0.1, 0.15) is 5.92 Å². The molecule has 1 heterocycles. The molecule has 1 aliphatic rings. The van der Waals surface area contributed by atoms with Gasteiger partial charge in [-0.1, -0.05) is 11.6 Å². The summed E-state index contributed by atoms with van der Waals surface area (Å²) in [5.41, 5.74) is 0.563. The molecule has 6 nitrogen and oxygen atoms in total. The highest BCUT2D eigenvalue weighted by molar-refractivity contribution is 6.31. The van der Waals surface area contributed by atoms with Gasteiger partial charge in [-0.05, 0) is 44.4 Å². The third-order valence-corrected chi connectivity index (χ3v) is 4.11. The molecule has 1 aromatic rings. The molecule has 124 valence electrons. The van der Waals surface area contributed by atoms with Crippen LogP contribution in [-0.4, -0.2) is 40.9 Å². The summed E-state index contributed by atoms with van der Waals surface area (Å²) >= 11 is 5.94. The zero-order valence-corrected chi connectivity index (χ0v) is 13.6. The van der Waals surface area contributed by atoms with Crippen molar-refractivity contribution in [3.8, 4) is 0 Å². The van der Waals surface area contributed by atoms with Crippen LogP contribution in [0.25, 0.3) is 0 Å². The number of carboxylic acid groups (broad SMARTS) is 1. The van der Waals surface area contributed by atoms with E-state index in [2.05, 4.69) is 5.32 Å². The van der Waals surface area contributed by atoms with Crippen molar-refractivity contribution in [3.63, 3.8) is 0 Å². The number of carboxylic acids is 1. The van der Waals surface area contributed by atoms with Crippen molar-refractivity contribution in [2.45, 2.75) is 26.2 Å². The average molecular weight is 339 g/mol. The summed E-state index contributed by atoms with van der Waals surface area (Å²) in [5.74, 6) is -3.31. The number of amides is 2. The van der Waals surface area contributed by atoms with Crippen molar-refractivity contribution >= 4 is 35.1 Å². The molecule has 2 N–H and O–H groups in total. The summed E-state index contributed by atoms with van der Waals surface area (Å²) in [6.07, 6.45) is 3.01. The molecule has 1 saturated heterocycles. The second-order valence-corrected chi connectivity index (χ2v) is 6.03. The fourth-order valence-electron chi connectivity index (χ4n) is 2.43. The third-order valence-electron chi connectivity index (χ3n) is 3.88. The van der Waals surface area contributed by atoms with Gasteiger partial charge in [-0.15, -0.1) is 0 Å². The number of nitrogens with one attached hydrogen (secondary N) is 1. The van der Waals surface area contributed by atoms with Crippen LogP contribution in [0.1, 0.15) is 36.5 Å². The Kier molecular flexibility index (Phi) is 5.60. The van der Waals surface area contributed by atoms with Gasteiger partial charge < -0.3 is 15.3 Å². The van der Waals surface area contributed by atoms with Crippen molar-refractivity contribution in [2.24, 2.45) is 5.92 Å². The first-order valence-corrected chi connectivity index (χ1v) is 7.90. The van der Waals surface area contributed by atoms with Gasteiger partial charge >= 0.3 is 5.97 Å². The van der Waals surface area contributed by atoms with Crippen LogP contribution in [-0.2, 0) is 9.59 Å². The lowest BCUT2D eigenvalue weighted by Gasteiger charge is -2.27. The van der Waals surface area contributed by atoms with Gasteiger partial charge in [-0.25, -0.2) is 0 Å². The number of likely N-dealkylation sites (tertiary alicyclic amines) is 1. The lowest BCUT2D eigenvalue weighted by atomic mass is 10.1. The molecule has 23 heavy (non-hydrogen) atoms. The van der Waals surface area contributed by atoms with E-state index in [1.165, 1.54) is 13.0 Å². The number of aliphatic carboxylic acids is 1. The second-order valence-electron chi connectivity index (χ2n) is 5.59. The summed E-state index contributed by atoms with van der Waals surface area (Å²) in [6.45, 7) is 2.65. The molecule has 1 fully saturated rings. The Morgan fingerprint density at radius 3 is 2.48 bits per heavy atom. The fourth-order valence-corrected chi connectivity index (χ4v) is 2.60. The smallest absolute Gasteiger partial charge is 0.315 e. The highest BCUT2D eigenvalue weighted by Crippen LogP contribution is 2.24. The Hall–Kier alpha value is -2.08. The largest absolute Gasteiger partial charge is 0.481 e. The summed E-state index contributed by atoms with van der Waals surface area (Å²) in [7, 11) is 0. The molecule has 1 aromatic carbocycles. The number of halogens is 1. The van der Waals surface area contributed by atoms with Crippen LogP contribution in [0.2, 0.25) is 5.02 Å². The zero-order valence-electron chi connectivity index (χ0n) is 12.8. The number of piperidine rings is 1. The molecule has 1 aliphatic heterocycles. The van der Waals surface area contributed by atoms with E-state index in [9.17, 15) is 14.4 Å². The maximum Gasteiger partial charge on any atom is 0.315 e. The lowest BCUT2D eigenvalue weighted by Crippen LogP contribution is -2.36. The molecule has 0 radical (unpaired) electrons. The van der Waals surface area contributed by atoms with Gasteiger partial charge in [0.25, 0.3) is 5.91 Å². The first kappa shape index (κ1) is 17.3. The maximum absolute atomic E-state index is 12.6. The zero-order chi connectivity index (χ0) is 17.0. The highest BCUT2D eigenvalue weighted by atomic mass is 35.5. The Morgan fingerprint density at radius 2 is 1.87 bits per heavy atom. The van der Waals surface area contributed by atoms with Crippen LogP contribution in [0.15, 0.2) is 18.2 Å². The molecule has 7 heteroatoms. The molecule has 0 saturated carbocycles. The molecule has 0 bridgehead atoms. The number of benzene rings is 1. The monoisotopic (exact) mass is 338 g/mol. The van der Waals surface area contributed by atoms with E-state index >= 15 is 0 Å². The second kappa shape index (κ2) is 7.46. The van der Waals surface area contributed by atoms with E-state index in [0.29, 0.717) is 23.7 Å². The van der Waals surface area contributed by atoms with Gasteiger partial charge in [-0.3, -0.25) is 14.4 Å². The molecular formula is C16H19ClN2O4. The maximum atomic E-state index is 12.6. The van der Waals surface area contributed by atoms with Crippen LogP contribution in [0.5, 0.6) is 0 Å². The molecule has 1 atom stereocenters. The minimum absolute atomic E-state index is 0.181. The van der Waals surface area contributed by atoms with Gasteiger partial charge in [-0.2, -0.15) is 0 Å².